The van der Waals surface area contributed by atoms with Crippen LogP contribution in [0.15, 0.2) is 97.6 Å². The van der Waals surface area contributed by atoms with Gasteiger partial charge in [0.05, 0.1) is 12.3 Å². The highest BCUT2D eigenvalue weighted by molar-refractivity contribution is 14.1. The Morgan fingerprint density at radius 2 is 1.39 bits per heavy atom. The maximum Gasteiger partial charge on any atom is 0.270 e. The van der Waals surface area contributed by atoms with Crippen molar-refractivity contribution >= 4 is 62.5 Å². The number of aromatic nitrogens is 2. The summed E-state index contributed by atoms with van der Waals surface area (Å²) in [7, 11) is 0. The lowest BCUT2D eigenvalue weighted by Crippen LogP contribution is -2.61. The summed E-state index contributed by atoms with van der Waals surface area (Å²) in [6.45, 7) is 4.58. The molecule has 1 aliphatic carbocycles. The molecule has 0 saturated heterocycles. The number of nitrogens with zero attached hydrogens (tertiary/aromatic N) is 3. The normalized spacial score (nSPS) is 16.7. The minimum Gasteiger partial charge on any atom is -0.362 e. The van der Waals surface area contributed by atoms with Gasteiger partial charge in [-0.2, -0.15) is 0 Å². The number of pyridine rings is 2. The molecule has 0 fully saturated rings. The maximum absolute atomic E-state index is 15.5. The summed E-state index contributed by atoms with van der Waals surface area (Å²) in [5.74, 6) is -4.37. The molecule has 1 atom stereocenters. The SMILES string of the molecule is Cc1cc(I)ccc1NC1(Nc2ccc(I)cc2C)CC(F)(F)C=CC1C(=O)N(CCc1ccncc1)Cc1ccncc1. The number of anilines is 2. The Morgan fingerprint density at radius 1 is 0.864 bits per heavy atom. The first kappa shape index (κ1) is 32.3. The van der Waals surface area contributed by atoms with Gasteiger partial charge in [-0.15, -0.1) is 0 Å². The third-order valence-corrected chi connectivity index (χ3v) is 9.13. The molecule has 44 heavy (non-hydrogen) atoms. The number of halogens is 4. The van der Waals surface area contributed by atoms with Crippen LogP contribution in [0.3, 0.4) is 0 Å². The average Bonchev–Trinajstić information content (AvgIpc) is 2.99. The van der Waals surface area contributed by atoms with Crippen LogP contribution in [0.25, 0.3) is 0 Å². The van der Waals surface area contributed by atoms with Crippen LogP contribution in [0.1, 0.15) is 28.7 Å². The van der Waals surface area contributed by atoms with Crippen LogP contribution in [0.2, 0.25) is 0 Å². The van der Waals surface area contributed by atoms with Crippen molar-refractivity contribution in [3.05, 3.63) is 127 Å². The van der Waals surface area contributed by atoms with Gasteiger partial charge >= 0.3 is 0 Å². The molecule has 1 aliphatic rings. The van der Waals surface area contributed by atoms with Gasteiger partial charge in [0.25, 0.3) is 5.92 Å². The Bertz CT molecular complexity index is 1580. The van der Waals surface area contributed by atoms with Crippen LogP contribution >= 0.6 is 45.2 Å². The van der Waals surface area contributed by atoms with Crippen molar-refractivity contribution in [3.8, 4) is 0 Å². The Labute approximate surface area is 284 Å². The first-order chi connectivity index (χ1) is 21.0. The molecule has 4 aromatic rings. The number of amides is 1. The van der Waals surface area contributed by atoms with Crippen LogP contribution in [-0.2, 0) is 17.8 Å². The van der Waals surface area contributed by atoms with E-state index in [-0.39, 0.29) is 5.91 Å². The number of allylic oxidation sites excluding steroid dienone is 1. The van der Waals surface area contributed by atoms with Crippen molar-refractivity contribution in [1.29, 1.82) is 0 Å². The molecule has 1 unspecified atom stereocenters. The van der Waals surface area contributed by atoms with E-state index in [0.29, 0.717) is 30.9 Å². The van der Waals surface area contributed by atoms with E-state index < -0.39 is 23.9 Å². The predicted octanol–water partition coefficient (Wildman–Crippen LogP) is 8.01. The number of nitrogens with one attached hydrogen (secondary N) is 2. The molecule has 228 valence electrons. The molecule has 6 nitrogen and oxygen atoms in total. The van der Waals surface area contributed by atoms with E-state index in [9.17, 15) is 4.79 Å². The molecule has 0 bridgehead atoms. The molecule has 2 aromatic carbocycles. The van der Waals surface area contributed by atoms with Gasteiger partial charge < -0.3 is 15.5 Å². The van der Waals surface area contributed by atoms with Crippen molar-refractivity contribution in [2.45, 2.75) is 44.8 Å². The largest absolute Gasteiger partial charge is 0.362 e. The van der Waals surface area contributed by atoms with Crippen molar-refractivity contribution in [3.63, 3.8) is 0 Å². The highest BCUT2D eigenvalue weighted by atomic mass is 127. The second-order valence-electron chi connectivity index (χ2n) is 11.1. The summed E-state index contributed by atoms with van der Waals surface area (Å²) < 4.78 is 33.0. The van der Waals surface area contributed by atoms with E-state index in [4.69, 9.17) is 0 Å². The fourth-order valence-corrected chi connectivity index (χ4v) is 6.81. The quantitative estimate of drug-likeness (QED) is 0.0965. The molecule has 2 N–H and O–H groups in total. The van der Waals surface area contributed by atoms with Crippen LogP contribution in [0, 0.1) is 26.9 Å². The summed E-state index contributed by atoms with van der Waals surface area (Å²) >= 11 is 4.46. The lowest BCUT2D eigenvalue weighted by Gasteiger charge is -2.47. The first-order valence-electron chi connectivity index (χ1n) is 14.3. The Hall–Kier alpha value is -3.13. The Balaban J connectivity index is 1.59. The lowest BCUT2D eigenvalue weighted by molar-refractivity contribution is -0.137. The third kappa shape index (κ3) is 7.92. The van der Waals surface area contributed by atoms with Gasteiger partial charge in [-0.05, 0) is 154 Å². The molecule has 5 rings (SSSR count). The van der Waals surface area contributed by atoms with Gasteiger partial charge in [0.1, 0.15) is 5.66 Å². The van der Waals surface area contributed by atoms with Gasteiger partial charge in [0, 0.05) is 56.4 Å². The van der Waals surface area contributed by atoms with Crippen LogP contribution in [0.5, 0.6) is 0 Å². The van der Waals surface area contributed by atoms with Gasteiger partial charge in [-0.25, -0.2) is 8.78 Å². The minimum absolute atomic E-state index is 0.256. The van der Waals surface area contributed by atoms with Crippen molar-refractivity contribution in [1.82, 2.24) is 14.9 Å². The summed E-state index contributed by atoms with van der Waals surface area (Å²) in [6.07, 6.45) is 9.05. The van der Waals surface area contributed by atoms with Crippen LogP contribution in [-0.4, -0.2) is 38.9 Å². The highest BCUT2D eigenvalue weighted by Gasteiger charge is 2.53. The molecule has 10 heteroatoms. The maximum atomic E-state index is 15.5. The number of hydrogen-bond donors (Lipinski definition) is 2. The zero-order chi connectivity index (χ0) is 31.3. The van der Waals surface area contributed by atoms with E-state index in [1.807, 2.05) is 74.5 Å². The van der Waals surface area contributed by atoms with Gasteiger partial charge in [-0.3, -0.25) is 14.8 Å². The highest BCUT2D eigenvalue weighted by Crippen LogP contribution is 2.43. The molecule has 0 radical (unpaired) electrons. The van der Waals surface area contributed by atoms with E-state index in [0.717, 1.165) is 35.5 Å². The summed E-state index contributed by atoms with van der Waals surface area (Å²) in [6, 6.07) is 19.2. The second kappa shape index (κ2) is 13.9. The number of carbonyl (C=O) groups is 1. The molecular formula is C34H33F2I2N5O. The zero-order valence-corrected chi connectivity index (χ0v) is 28.7. The molecular weight excluding hydrogens is 786 g/mol. The molecule has 0 aliphatic heterocycles. The first-order valence-corrected chi connectivity index (χ1v) is 16.4. The topological polar surface area (TPSA) is 70.2 Å². The average molecular weight is 819 g/mol. The molecule has 1 amide bonds. The van der Waals surface area contributed by atoms with E-state index in [2.05, 4.69) is 65.8 Å². The monoisotopic (exact) mass is 819 g/mol. The standard InChI is InChI=1S/C34H33F2I2N5O/c1-23-19-27(37)3-5-30(23)41-34(42-31-6-4-28(38)20-24(31)2)22-33(35,36)13-7-29(34)32(44)43(21-26-10-16-40-17-11-26)18-12-25-8-14-39-15-9-25/h3-11,13-17,19-20,29,41-42H,12,18,21-22H2,1-2H3. The second-order valence-corrected chi connectivity index (χ2v) is 13.6. The molecule has 0 spiro atoms. The number of alkyl halides is 2. The van der Waals surface area contributed by atoms with Crippen LogP contribution < -0.4 is 10.6 Å². The van der Waals surface area contributed by atoms with E-state index in [1.54, 1.807) is 29.7 Å². The van der Waals surface area contributed by atoms with E-state index in [1.165, 1.54) is 6.08 Å². The fraction of sp³-hybridized carbons (Fsp3) is 0.265. The third-order valence-electron chi connectivity index (χ3n) is 7.79. The van der Waals surface area contributed by atoms with Gasteiger partial charge in [0.15, 0.2) is 0 Å². The fourth-order valence-electron chi connectivity index (χ4n) is 5.51. The Kier molecular flexibility index (Phi) is 10.2. The number of hydrogen-bond acceptors (Lipinski definition) is 5. The smallest absolute Gasteiger partial charge is 0.270 e. The van der Waals surface area contributed by atoms with Crippen molar-refractivity contribution < 1.29 is 13.6 Å². The van der Waals surface area contributed by atoms with Gasteiger partial charge in [-0.1, -0.05) is 6.08 Å². The number of rotatable bonds is 10. The summed E-state index contributed by atoms with van der Waals surface area (Å²) in [5, 5.41) is 6.89. The lowest BCUT2D eigenvalue weighted by atomic mass is 9.79. The predicted molar refractivity (Wildman–Crippen MR) is 188 cm³/mol. The van der Waals surface area contributed by atoms with Crippen molar-refractivity contribution in [2.75, 3.05) is 17.2 Å². The van der Waals surface area contributed by atoms with E-state index >= 15 is 8.78 Å². The number of aryl methyl sites for hydroxylation is 2. The number of carbonyl (C=O) groups excluding carboxylic acids is 1. The number of benzene rings is 2. The molecule has 0 saturated carbocycles. The minimum atomic E-state index is -3.15. The molecule has 2 aromatic heterocycles. The molecule has 2 heterocycles. The zero-order valence-electron chi connectivity index (χ0n) is 24.4. The summed E-state index contributed by atoms with van der Waals surface area (Å²) in [5.41, 5.74) is 3.55. The Morgan fingerprint density at radius 3 is 1.91 bits per heavy atom. The van der Waals surface area contributed by atoms with Crippen molar-refractivity contribution in [2.24, 2.45) is 5.92 Å². The summed E-state index contributed by atoms with van der Waals surface area (Å²) in [4.78, 5) is 24.7. The van der Waals surface area contributed by atoms with Crippen LogP contribution in [0.4, 0.5) is 20.2 Å². The van der Waals surface area contributed by atoms with Gasteiger partial charge in [0.2, 0.25) is 5.91 Å².